The van der Waals surface area contributed by atoms with E-state index in [2.05, 4.69) is 126 Å². The molecule has 0 spiro atoms. The average molecular weight is 564 g/mol. The molecule has 0 N–H and O–H groups in total. The zero-order chi connectivity index (χ0) is 29.0. The van der Waals surface area contributed by atoms with Crippen LogP contribution in [-0.2, 0) is 0 Å². The van der Waals surface area contributed by atoms with Gasteiger partial charge in [0.15, 0.2) is 5.82 Å². The summed E-state index contributed by atoms with van der Waals surface area (Å²) < 4.78 is 8.38. The fraction of sp³-hybridized carbons (Fsp3) is 0. The minimum Gasteiger partial charge on any atom is -0.456 e. The normalized spacial score (nSPS) is 11.6. The molecule has 4 nitrogen and oxygen atoms in total. The van der Waals surface area contributed by atoms with Gasteiger partial charge in [0.05, 0.1) is 16.7 Å². The zero-order valence-electron chi connectivity index (χ0n) is 23.7. The summed E-state index contributed by atoms with van der Waals surface area (Å²) in [5.74, 6) is 1.49. The van der Waals surface area contributed by atoms with E-state index in [1.54, 1.807) is 0 Å². The molecule has 3 heterocycles. The van der Waals surface area contributed by atoms with Crippen LogP contribution in [0.25, 0.3) is 83.3 Å². The van der Waals surface area contributed by atoms with Crippen molar-refractivity contribution in [2.45, 2.75) is 0 Å². The van der Waals surface area contributed by atoms with Gasteiger partial charge >= 0.3 is 0 Å². The lowest BCUT2D eigenvalue weighted by Crippen LogP contribution is -2.02. The van der Waals surface area contributed by atoms with Gasteiger partial charge in [0.25, 0.3) is 0 Å². The lowest BCUT2D eigenvalue weighted by molar-refractivity contribution is 0.669. The SMILES string of the molecule is c1ccc(-c2cccc(-c3cc(-n4c5ccccc5c5ccccc54)nc(-c4ccc5oc6ccccc6c5c4)n3)c2)cc1. The Balaban J connectivity index is 1.31. The Morgan fingerprint density at radius 1 is 0.409 bits per heavy atom. The van der Waals surface area contributed by atoms with Crippen molar-refractivity contribution in [1.29, 1.82) is 0 Å². The van der Waals surface area contributed by atoms with Gasteiger partial charge in [-0.05, 0) is 53.6 Å². The number of benzene rings is 6. The van der Waals surface area contributed by atoms with Crippen molar-refractivity contribution < 1.29 is 4.42 Å². The molecule has 9 aromatic rings. The Morgan fingerprint density at radius 3 is 1.84 bits per heavy atom. The third kappa shape index (κ3) is 3.92. The van der Waals surface area contributed by atoms with Crippen molar-refractivity contribution in [2.75, 3.05) is 0 Å². The van der Waals surface area contributed by atoms with Gasteiger partial charge in [-0.15, -0.1) is 0 Å². The van der Waals surface area contributed by atoms with E-state index in [9.17, 15) is 0 Å². The predicted molar refractivity (Wildman–Crippen MR) is 180 cm³/mol. The highest BCUT2D eigenvalue weighted by molar-refractivity contribution is 6.09. The largest absolute Gasteiger partial charge is 0.456 e. The van der Waals surface area contributed by atoms with Gasteiger partial charge < -0.3 is 4.42 Å². The summed E-state index contributed by atoms with van der Waals surface area (Å²) >= 11 is 0. The second-order valence-electron chi connectivity index (χ2n) is 11.1. The van der Waals surface area contributed by atoms with Crippen LogP contribution < -0.4 is 0 Å². The summed E-state index contributed by atoms with van der Waals surface area (Å²) in [4.78, 5) is 10.4. The quantitative estimate of drug-likeness (QED) is 0.214. The molecule has 3 aromatic heterocycles. The van der Waals surface area contributed by atoms with Crippen LogP contribution in [0.2, 0.25) is 0 Å². The lowest BCUT2D eigenvalue weighted by Gasteiger charge is -2.13. The van der Waals surface area contributed by atoms with E-state index in [0.29, 0.717) is 5.82 Å². The average Bonchev–Trinajstić information content (AvgIpc) is 3.64. The molecule has 4 heteroatoms. The molecular weight excluding hydrogens is 538 g/mol. The highest BCUT2D eigenvalue weighted by Gasteiger charge is 2.17. The predicted octanol–water partition coefficient (Wildman–Crippen LogP) is 10.5. The summed E-state index contributed by atoms with van der Waals surface area (Å²) in [6, 6.07) is 52.6. The molecule has 0 unspecified atom stereocenters. The Morgan fingerprint density at radius 2 is 1.05 bits per heavy atom. The minimum atomic E-state index is 0.664. The topological polar surface area (TPSA) is 43.9 Å². The van der Waals surface area contributed by atoms with Crippen LogP contribution in [0, 0.1) is 0 Å². The van der Waals surface area contributed by atoms with Crippen LogP contribution in [0.3, 0.4) is 0 Å². The fourth-order valence-corrected chi connectivity index (χ4v) is 6.35. The van der Waals surface area contributed by atoms with E-state index in [1.165, 1.54) is 16.3 Å². The monoisotopic (exact) mass is 563 g/mol. The summed E-state index contributed by atoms with van der Waals surface area (Å²) in [5.41, 5.74) is 9.09. The number of nitrogens with zero attached hydrogens (tertiary/aromatic N) is 3. The molecule has 44 heavy (non-hydrogen) atoms. The summed E-state index contributed by atoms with van der Waals surface area (Å²) in [6.07, 6.45) is 0. The first-order valence-corrected chi connectivity index (χ1v) is 14.8. The maximum Gasteiger partial charge on any atom is 0.162 e. The van der Waals surface area contributed by atoms with Gasteiger partial charge in [0.1, 0.15) is 17.0 Å². The molecule has 0 aliphatic carbocycles. The molecule has 0 fully saturated rings. The molecule has 0 atom stereocenters. The number of rotatable bonds is 4. The Hall–Kier alpha value is -6.00. The van der Waals surface area contributed by atoms with Crippen LogP contribution in [0.5, 0.6) is 0 Å². The highest BCUT2D eigenvalue weighted by Crippen LogP contribution is 2.36. The van der Waals surface area contributed by atoms with Gasteiger partial charge in [-0.2, -0.15) is 0 Å². The lowest BCUT2D eigenvalue weighted by atomic mass is 10.0. The van der Waals surface area contributed by atoms with E-state index in [1.807, 2.05) is 30.3 Å². The number of para-hydroxylation sites is 3. The van der Waals surface area contributed by atoms with E-state index >= 15 is 0 Å². The smallest absolute Gasteiger partial charge is 0.162 e. The van der Waals surface area contributed by atoms with Crippen molar-refractivity contribution in [3.63, 3.8) is 0 Å². The van der Waals surface area contributed by atoms with E-state index < -0.39 is 0 Å². The summed E-state index contributed by atoms with van der Waals surface area (Å²) in [7, 11) is 0. The first-order valence-electron chi connectivity index (χ1n) is 14.8. The highest BCUT2D eigenvalue weighted by atomic mass is 16.3. The minimum absolute atomic E-state index is 0.664. The van der Waals surface area contributed by atoms with Gasteiger partial charge in [-0.3, -0.25) is 4.57 Å². The second kappa shape index (κ2) is 9.79. The Bertz CT molecular complexity index is 2450. The molecule has 0 radical (unpaired) electrons. The van der Waals surface area contributed by atoms with E-state index in [0.717, 1.165) is 61.2 Å². The van der Waals surface area contributed by atoms with Crippen LogP contribution in [0.1, 0.15) is 0 Å². The zero-order valence-corrected chi connectivity index (χ0v) is 23.7. The van der Waals surface area contributed by atoms with Gasteiger partial charge in [-0.25, -0.2) is 9.97 Å². The maximum atomic E-state index is 6.13. The third-order valence-electron chi connectivity index (χ3n) is 8.42. The van der Waals surface area contributed by atoms with E-state index in [4.69, 9.17) is 14.4 Å². The Kier molecular flexibility index (Phi) is 5.47. The maximum absolute atomic E-state index is 6.13. The number of aromatic nitrogens is 3. The molecule has 0 saturated carbocycles. The summed E-state index contributed by atoms with van der Waals surface area (Å²) in [6.45, 7) is 0. The fourth-order valence-electron chi connectivity index (χ4n) is 6.35. The molecular formula is C40H25N3O. The number of furan rings is 1. The van der Waals surface area contributed by atoms with E-state index in [-0.39, 0.29) is 0 Å². The first-order chi connectivity index (χ1) is 21.8. The van der Waals surface area contributed by atoms with Gasteiger partial charge in [0, 0.05) is 38.7 Å². The molecule has 206 valence electrons. The third-order valence-corrected chi connectivity index (χ3v) is 8.42. The molecule has 9 rings (SSSR count). The molecule has 0 amide bonds. The Labute approximate surface area is 253 Å². The molecule has 0 aliphatic rings. The van der Waals surface area contributed by atoms with Gasteiger partial charge in [0.2, 0.25) is 0 Å². The van der Waals surface area contributed by atoms with Crippen molar-refractivity contribution in [3.8, 4) is 39.6 Å². The standard InChI is InChI=1S/C40H25N3O/c1-2-11-26(12-3-1)27-13-10-14-28(23-27)34-25-39(43-35-18-7-4-15-30(35)31-16-5-8-19-36(31)43)42-40(41-34)29-21-22-38-33(24-29)32-17-6-9-20-37(32)44-38/h1-25H. The number of hydrogen-bond acceptors (Lipinski definition) is 3. The van der Waals surface area contributed by atoms with Crippen molar-refractivity contribution in [2.24, 2.45) is 0 Å². The van der Waals surface area contributed by atoms with Crippen molar-refractivity contribution in [1.82, 2.24) is 14.5 Å². The molecule has 6 aromatic carbocycles. The van der Waals surface area contributed by atoms with Crippen LogP contribution in [-0.4, -0.2) is 14.5 Å². The summed E-state index contributed by atoms with van der Waals surface area (Å²) in [5, 5.41) is 4.53. The van der Waals surface area contributed by atoms with Crippen LogP contribution in [0.4, 0.5) is 0 Å². The van der Waals surface area contributed by atoms with Crippen molar-refractivity contribution in [3.05, 3.63) is 152 Å². The second-order valence-corrected chi connectivity index (χ2v) is 11.1. The van der Waals surface area contributed by atoms with Crippen molar-refractivity contribution >= 4 is 43.7 Å². The molecule has 0 bridgehead atoms. The molecule has 0 saturated heterocycles. The molecule has 0 aliphatic heterocycles. The number of fused-ring (bicyclic) bond motifs is 6. The van der Waals surface area contributed by atoms with Gasteiger partial charge in [-0.1, -0.05) is 103 Å². The van der Waals surface area contributed by atoms with Crippen LogP contribution in [0.15, 0.2) is 156 Å². The van der Waals surface area contributed by atoms with Crippen LogP contribution >= 0.6 is 0 Å². The number of hydrogen-bond donors (Lipinski definition) is 0. The first kappa shape index (κ1) is 24.6.